The molecule has 0 spiro atoms. The van der Waals surface area contributed by atoms with Crippen molar-refractivity contribution in [2.45, 2.75) is 19.6 Å². The van der Waals surface area contributed by atoms with Gasteiger partial charge in [0.05, 0.1) is 25.4 Å². The van der Waals surface area contributed by atoms with Gasteiger partial charge >= 0.3 is 0 Å². The van der Waals surface area contributed by atoms with Gasteiger partial charge in [0, 0.05) is 38.8 Å². The third-order valence-electron chi connectivity index (χ3n) is 2.49. The largest absolute Gasteiger partial charge is 0.383 e. The third-order valence-corrected chi connectivity index (χ3v) is 2.49. The van der Waals surface area contributed by atoms with Crippen molar-refractivity contribution in [2.24, 2.45) is 0 Å². The average Bonchev–Trinajstić information content (AvgIpc) is 3.03. The van der Waals surface area contributed by atoms with Crippen molar-refractivity contribution in [3.8, 4) is 0 Å². The van der Waals surface area contributed by atoms with E-state index in [0.717, 1.165) is 25.3 Å². The number of hydrogen-bond donors (Lipinski definition) is 1. The second kappa shape index (κ2) is 6.87. The van der Waals surface area contributed by atoms with E-state index in [2.05, 4.69) is 20.7 Å². The van der Waals surface area contributed by atoms with E-state index in [4.69, 9.17) is 4.74 Å². The standard InChI is InChI=1S/C11H18N6O/c1-18-8-4-12-9-11-10-17(15-14-11)7-6-16-5-2-3-13-16/h2-3,5,10,12H,4,6-9H2,1H3. The number of nitrogens with zero attached hydrogens (tertiary/aromatic N) is 5. The summed E-state index contributed by atoms with van der Waals surface area (Å²) in [4.78, 5) is 0. The Morgan fingerprint density at radius 3 is 3.00 bits per heavy atom. The number of ether oxygens (including phenoxy) is 1. The summed E-state index contributed by atoms with van der Waals surface area (Å²) in [5.74, 6) is 0. The molecule has 98 valence electrons. The summed E-state index contributed by atoms with van der Waals surface area (Å²) in [5.41, 5.74) is 0.937. The smallest absolute Gasteiger partial charge is 0.0964 e. The van der Waals surface area contributed by atoms with Gasteiger partial charge in [0.1, 0.15) is 0 Å². The van der Waals surface area contributed by atoms with Gasteiger partial charge in [-0.3, -0.25) is 9.36 Å². The van der Waals surface area contributed by atoms with Crippen molar-refractivity contribution in [1.29, 1.82) is 0 Å². The van der Waals surface area contributed by atoms with Gasteiger partial charge in [0.15, 0.2) is 0 Å². The first-order valence-electron chi connectivity index (χ1n) is 5.94. The molecule has 0 saturated heterocycles. The summed E-state index contributed by atoms with van der Waals surface area (Å²) in [6, 6.07) is 1.91. The van der Waals surface area contributed by atoms with Crippen molar-refractivity contribution in [2.75, 3.05) is 20.3 Å². The maximum atomic E-state index is 4.95. The Bertz CT molecular complexity index is 438. The van der Waals surface area contributed by atoms with E-state index < -0.39 is 0 Å². The van der Waals surface area contributed by atoms with Crippen molar-refractivity contribution in [3.05, 3.63) is 30.4 Å². The minimum Gasteiger partial charge on any atom is -0.383 e. The topological polar surface area (TPSA) is 69.8 Å². The van der Waals surface area contributed by atoms with Crippen LogP contribution < -0.4 is 5.32 Å². The molecule has 7 heteroatoms. The van der Waals surface area contributed by atoms with E-state index in [1.165, 1.54) is 0 Å². The number of aromatic nitrogens is 5. The molecule has 0 fully saturated rings. The SMILES string of the molecule is COCCNCc1cn(CCn2cccn2)nn1. The van der Waals surface area contributed by atoms with E-state index in [1.807, 2.05) is 27.8 Å². The molecule has 0 aliphatic heterocycles. The maximum absolute atomic E-state index is 4.95. The molecule has 2 heterocycles. The van der Waals surface area contributed by atoms with Gasteiger partial charge in [-0.15, -0.1) is 5.10 Å². The monoisotopic (exact) mass is 250 g/mol. The Kier molecular flexibility index (Phi) is 4.86. The minimum absolute atomic E-state index is 0.702. The molecule has 0 aliphatic rings. The van der Waals surface area contributed by atoms with Crippen LogP contribution in [-0.4, -0.2) is 45.0 Å². The Morgan fingerprint density at radius 1 is 1.33 bits per heavy atom. The first-order valence-corrected chi connectivity index (χ1v) is 5.94. The van der Waals surface area contributed by atoms with Crippen molar-refractivity contribution >= 4 is 0 Å². The molecule has 0 atom stereocenters. The van der Waals surface area contributed by atoms with E-state index >= 15 is 0 Å². The van der Waals surface area contributed by atoms with Crippen LogP contribution in [0, 0.1) is 0 Å². The number of rotatable bonds is 8. The van der Waals surface area contributed by atoms with E-state index in [9.17, 15) is 0 Å². The number of methoxy groups -OCH3 is 1. The minimum atomic E-state index is 0.702. The number of nitrogens with one attached hydrogen (secondary N) is 1. The Labute approximate surface area is 106 Å². The van der Waals surface area contributed by atoms with Crippen LogP contribution in [0.3, 0.4) is 0 Å². The molecule has 2 aromatic heterocycles. The Morgan fingerprint density at radius 2 is 2.22 bits per heavy atom. The van der Waals surface area contributed by atoms with Crippen LogP contribution in [0.15, 0.2) is 24.7 Å². The van der Waals surface area contributed by atoms with Crippen molar-refractivity contribution < 1.29 is 4.74 Å². The van der Waals surface area contributed by atoms with Gasteiger partial charge in [0.2, 0.25) is 0 Å². The molecule has 1 N–H and O–H groups in total. The summed E-state index contributed by atoms with van der Waals surface area (Å²) >= 11 is 0. The quantitative estimate of drug-likeness (QED) is 0.663. The van der Waals surface area contributed by atoms with Gasteiger partial charge in [-0.25, -0.2) is 0 Å². The van der Waals surface area contributed by atoms with Crippen LogP contribution in [0.25, 0.3) is 0 Å². The summed E-state index contributed by atoms with van der Waals surface area (Å²) in [7, 11) is 1.69. The van der Waals surface area contributed by atoms with Crippen LogP contribution >= 0.6 is 0 Å². The first kappa shape index (κ1) is 12.7. The van der Waals surface area contributed by atoms with Gasteiger partial charge in [-0.2, -0.15) is 5.10 Å². The summed E-state index contributed by atoms with van der Waals surface area (Å²) < 4.78 is 8.65. The fourth-order valence-electron chi connectivity index (χ4n) is 1.56. The Balaban J connectivity index is 1.72. The highest BCUT2D eigenvalue weighted by Crippen LogP contribution is 1.94. The second-order valence-corrected chi connectivity index (χ2v) is 3.91. The lowest BCUT2D eigenvalue weighted by Crippen LogP contribution is -2.18. The lowest BCUT2D eigenvalue weighted by atomic mass is 10.4. The highest BCUT2D eigenvalue weighted by molar-refractivity contribution is 4.91. The predicted molar refractivity (Wildman–Crippen MR) is 65.8 cm³/mol. The van der Waals surface area contributed by atoms with Crippen LogP contribution in [-0.2, 0) is 24.4 Å². The van der Waals surface area contributed by atoms with Crippen LogP contribution in [0.5, 0.6) is 0 Å². The molecule has 2 aromatic rings. The molecule has 0 saturated carbocycles. The summed E-state index contributed by atoms with van der Waals surface area (Å²) in [5, 5.41) is 15.5. The van der Waals surface area contributed by atoms with Gasteiger partial charge in [-0.1, -0.05) is 5.21 Å². The molecule has 0 aliphatic carbocycles. The summed E-state index contributed by atoms with van der Waals surface area (Å²) in [6.45, 7) is 3.80. The first-order chi connectivity index (χ1) is 8.88. The number of hydrogen-bond acceptors (Lipinski definition) is 5. The molecule has 18 heavy (non-hydrogen) atoms. The fourth-order valence-corrected chi connectivity index (χ4v) is 1.56. The molecular formula is C11H18N6O. The zero-order chi connectivity index (χ0) is 12.6. The third kappa shape index (κ3) is 3.94. The van der Waals surface area contributed by atoms with E-state index in [1.54, 1.807) is 13.3 Å². The van der Waals surface area contributed by atoms with E-state index in [-0.39, 0.29) is 0 Å². The molecule has 7 nitrogen and oxygen atoms in total. The highest BCUT2D eigenvalue weighted by Gasteiger charge is 2.00. The zero-order valence-corrected chi connectivity index (χ0v) is 10.5. The molecule has 0 radical (unpaired) electrons. The zero-order valence-electron chi connectivity index (χ0n) is 10.5. The van der Waals surface area contributed by atoms with Crippen LogP contribution in [0.4, 0.5) is 0 Å². The molecule has 0 aromatic carbocycles. The van der Waals surface area contributed by atoms with E-state index in [0.29, 0.717) is 13.2 Å². The highest BCUT2D eigenvalue weighted by atomic mass is 16.5. The normalized spacial score (nSPS) is 10.9. The fraction of sp³-hybridized carbons (Fsp3) is 0.545. The van der Waals surface area contributed by atoms with Gasteiger partial charge in [0.25, 0.3) is 0 Å². The summed E-state index contributed by atoms with van der Waals surface area (Å²) in [6.07, 6.45) is 5.65. The lowest BCUT2D eigenvalue weighted by molar-refractivity contribution is 0.199. The second-order valence-electron chi connectivity index (χ2n) is 3.91. The molecule has 2 rings (SSSR count). The molecular weight excluding hydrogens is 232 g/mol. The maximum Gasteiger partial charge on any atom is 0.0964 e. The predicted octanol–water partition coefficient (Wildman–Crippen LogP) is -0.0892. The number of aryl methyl sites for hydroxylation is 2. The molecule has 0 amide bonds. The average molecular weight is 250 g/mol. The molecule has 0 unspecified atom stereocenters. The lowest BCUT2D eigenvalue weighted by Gasteiger charge is -2.01. The van der Waals surface area contributed by atoms with Gasteiger partial charge < -0.3 is 10.1 Å². The van der Waals surface area contributed by atoms with Gasteiger partial charge in [-0.05, 0) is 6.07 Å². The van der Waals surface area contributed by atoms with Crippen LogP contribution in [0.1, 0.15) is 5.69 Å². The Hall–Kier alpha value is -1.73. The molecule has 0 bridgehead atoms. The van der Waals surface area contributed by atoms with Crippen LogP contribution in [0.2, 0.25) is 0 Å². The van der Waals surface area contributed by atoms with Crippen molar-refractivity contribution in [3.63, 3.8) is 0 Å². The van der Waals surface area contributed by atoms with Crippen molar-refractivity contribution in [1.82, 2.24) is 30.1 Å².